The van der Waals surface area contributed by atoms with Gasteiger partial charge in [0, 0.05) is 17.8 Å². The van der Waals surface area contributed by atoms with Crippen LogP contribution >= 0.6 is 15.9 Å². The van der Waals surface area contributed by atoms with Crippen molar-refractivity contribution >= 4 is 21.7 Å². The molecule has 112 valence electrons. The summed E-state index contributed by atoms with van der Waals surface area (Å²) in [6, 6.07) is 0. The van der Waals surface area contributed by atoms with Crippen LogP contribution in [0.3, 0.4) is 0 Å². The molecular formula is C15H18BrN3O2. The van der Waals surface area contributed by atoms with Crippen molar-refractivity contribution < 1.29 is 9.47 Å². The highest BCUT2D eigenvalue weighted by atomic mass is 79.9. The van der Waals surface area contributed by atoms with Gasteiger partial charge in [-0.25, -0.2) is 4.98 Å². The van der Waals surface area contributed by atoms with E-state index in [1.807, 2.05) is 24.4 Å². The van der Waals surface area contributed by atoms with Crippen LogP contribution in [0.5, 0.6) is 5.88 Å². The molecule has 2 bridgehead atoms. The number of rotatable bonds is 3. The van der Waals surface area contributed by atoms with E-state index in [-0.39, 0.29) is 17.1 Å². The third kappa shape index (κ3) is 1.99. The van der Waals surface area contributed by atoms with Gasteiger partial charge in [-0.1, -0.05) is 0 Å². The molecule has 3 aliphatic rings. The highest BCUT2D eigenvalue weighted by molar-refractivity contribution is 9.10. The molecule has 3 fully saturated rings. The molecule has 0 atom stereocenters. The van der Waals surface area contributed by atoms with Crippen LogP contribution in [0.1, 0.15) is 39.3 Å². The van der Waals surface area contributed by atoms with Crippen LogP contribution in [0.2, 0.25) is 0 Å². The molecule has 0 aromatic carbocycles. The van der Waals surface area contributed by atoms with Crippen molar-refractivity contribution in [2.24, 2.45) is 0 Å². The first kappa shape index (κ1) is 13.5. The van der Waals surface area contributed by atoms with E-state index in [1.54, 1.807) is 0 Å². The van der Waals surface area contributed by atoms with Crippen molar-refractivity contribution in [2.45, 2.75) is 50.7 Å². The molecule has 0 amide bonds. The molecular weight excluding hydrogens is 334 g/mol. The standard InChI is InChI=1S/C15H18BrN3O2/c1-9(2)21-12-10(16)4-19-5-11(17-13(19)18-12)15-6-14(3,7-15)20-8-15/h4-5,9H,6-8H2,1-3H3. The summed E-state index contributed by atoms with van der Waals surface area (Å²) >= 11 is 3.51. The van der Waals surface area contributed by atoms with Gasteiger partial charge in [0.15, 0.2) is 0 Å². The summed E-state index contributed by atoms with van der Waals surface area (Å²) in [6.07, 6.45) is 6.22. The fraction of sp³-hybridized carbons (Fsp3) is 0.600. The van der Waals surface area contributed by atoms with E-state index in [0.717, 1.165) is 29.6 Å². The highest BCUT2D eigenvalue weighted by Crippen LogP contribution is 2.58. The molecule has 0 unspecified atom stereocenters. The molecule has 6 heteroatoms. The lowest BCUT2D eigenvalue weighted by Crippen LogP contribution is -2.45. The second-order valence-electron chi connectivity index (χ2n) is 6.77. The summed E-state index contributed by atoms with van der Waals surface area (Å²) in [5, 5.41) is 0. The highest BCUT2D eigenvalue weighted by Gasteiger charge is 2.61. The van der Waals surface area contributed by atoms with Gasteiger partial charge in [-0.3, -0.25) is 4.40 Å². The fourth-order valence-electron chi connectivity index (χ4n) is 3.60. The number of halogens is 1. The Kier molecular flexibility index (Phi) is 2.70. The molecule has 21 heavy (non-hydrogen) atoms. The lowest BCUT2D eigenvalue weighted by Gasteiger charge is -2.41. The number of nitrogens with zero attached hydrogens (tertiary/aromatic N) is 3. The van der Waals surface area contributed by atoms with Gasteiger partial charge < -0.3 is 9.47 Å². The number of fused-ring (bicyclic) bond motifs is 2. The summed E-state index contributed by atoms with van der Waals surface area (Å²) in [4.78, 5) is 9.23. The first-order chi connectivity index (χ1) is 9.89. The third-order valence-electron chi connectivity index (χ3n) is 4.38. The first-order valence-electron chi connectivity index (χ1n) is 7.26. The molecule has 4 heterocycles. The van der Waals surface area contributed by atoms with E-state index < -0.39 is 0 Å². The fourth-order valence-corrected chi connectivity index (χ4v) is 4.00. The normalized spacial score (nSPS) is 30.9. The molecule has 2 aromatic heterocycles. The molecule has 2 saturated heterocycles. The van der Waals surface area contributed by atoms with Gasteiger partial charge in [0.05, 0.1) is 28.5 Å². The molecule has 0 radical (unpaired) electrons. The maximum absolute atomic E-state index is 5.86. The zero-order valence-electron chi connectivity index (χ0n) is 12.4. The third-order valence-corrected chi connectivity index (χ3v) is 4.93. The van der Waals surface area contributed by atoms with Gasteiger partial charge in [0.1, 0.15) is 0 Å². The molecule has 2 aromatic rings. The predicted molar refractivity (Wildman–Crippen MR) is 81.7 cm³/mol. The largest absolute Gasteiger partial charge is 0.474 e. The van der Waals surface area contributed by atoms with Crippen LogP contribution < -0.4 is 4.74 Å². The number of ether oxygens (including phenoxy) is 2. The van der Waals surface area contributed by atoms with Crippen molar-refractivity contribution in [3.05, 3.63) is 22.6 Å². The minimum Gasteiger partial charge on any atom is -0.474 e. The molecule has 2 aliphatic heterocycles. The molecule has 5 rings (SSSR count). The van der Waals surface area contributed by atoms with E-state index >= 15 is 0 Å². The van der Waals surface area contributed by atoms with Crippen LogP contribution in [0.4, 0.5) is 0 Å². The van der Waals surface area contributed by atoms with Gasteiger partial charge in [-0.15, -0.1) is 0 Å². The topological polar surface area (TPSA) is 48.7 Å². The average molecular weight is 352 g/mol. The van der Waals surface area contributed by atoms with E-state index in [9.17, 15) is 0 Å². The summed E-state index contributed by atoms with van der Waals surface area (Å²) in [6.45, 7) is 6.92. The molecule has 0 spiro atoms. The minimum atomic E-state index is 0.0652. The molecule has 1 aliphatic carbocycles. The first-order valence-corrected chi connectivity index (χ1v) is 8.05. The Morgan fingerprint density at radius 3 is 2.71 bits per heavy atom. The van der Waals surface area contributed by atoms with Crippen molar-refractivity contribution in [1.82, 2.24) is 14.4 Å². The zero-order chi connectivity index (χ0) is 14.8. The lowest BCUT2D eigenvalue weighted by atomic mass is 9.62. The maximum atomic E-state index is 5.86. The van der Waals surface area contributed by atoms with Gasteiger partial charge in [0.25, 0.3) is 0 Å². The van der Waals surface area contributed by atoms with E-state index in [4.69, 9.17) is 14.5 Å². The van der Waals surface area contributed by atoms with E-state index in [1.165, 1.54) is 0 Å². The number of hydrogen-bond acceptors (Lipinski definition) is 4. The minimum absolute atomic E-state index is 0.0652. The van der Waals surface area contributed by atoms with Gasteiger partial charge in [-0.05, 0) is 49.5 Å². The summed E-state index contributed by atoms with van der Waals surface area (Å²) < 4.78 is 14.4. The second kappa shape index (κ2) is 4.20. The Morgan fingerprint density at radius 2 is 2.10 bits per heavy atom. The number of imidazole rings is 1. The van der Waals surface area contributed by atoms with Crippen LogP contribution in [-0.2, 0) is 10.2 Å². The van der Waals surface area contributed by atoms with Crippen LogP contribution in [0, 0.1) is 0 Å². The van der Waals surface area contributed by atoms with Crippen molar-refractivity contribution in [3.8, 4) is 5.88 Å². The second-order valence-corrected chi connectivity index (χ2v) is 7.62. The van der Waals surface area contributed by atoms with Crippen molar-refractivity contribution in [2.75, 3.05) is 6.61 Å². The van der Waals surface area contributed by atoms with Gasteiger partial charge in [0.2, 0.25) is 11.7 Å². The van der Waals surface area contributed by atoms with E-state index in [0.29, 0.717) is 11.7 Å². The van der Waals surface area contributed by atoms with Crippen molar-refractivity contribution in [3.63, 3.8) is 0 Å². The Labute approximate surface area is 131 Å². The quantitative estimate of drug-likeness (QED) is 0.852. The van der Waals surface area contributed by atoms with Crippen LogP contribution in [0.15, 0.2) is 16.9 Å². The molecule has 5 nitrogen and oxygen atoms in total. The molecule has 0 N–H and O–H groups in total. The SMILES string of the molecule is CC(C)Oc1nc2nc(C34COC(C)(C3)C4)cn2cc1Br. The Balaban J connectivity index is 1.74. The Hall–Kier alpha value is -1.14. The van der Waals surface area contributed by atoms with Crippen molar-refractivity contribution in [1.29, 1.82) is 0 Å². The summed E-state index contributed by atoms with van der Waals surface area (Å²) in [5.74, 6) is 1.27. The van der Waals surface area contributed by atoms with Gasteiger partial charge in [-0.2, -0.15) is 4.98 Å². The Morgan fingerprint density at radius 1 is 1.33 bits per heavy atom. The summed E-state index contributed by atoms with van der Waals surface area (Å²) in [7, 11) is 0. The number of aromatic nitrogens is 3. The molecule has 1 saturated carbocycles. The maximum Gasteiger partial charge on any atom is 0.237 e. The lowest BCUT2D eigenvalue weighted by molar-refractivity contribution is 0.0154. The summed E-state index contributed by atoms with van der Waals surface area (Å²) in [5.41, 5.74) is 1.24. The number of hydrogen-bond donors (Lipinski definition) is 0. The average Bonchev–Trinajstić information content (AvgIpc) is 2.99. The van der Waals surface area contributed by atoms with Crippen LogP contribution in [-0.4, -0.2) is 32.7 Å². The monoisotopic (exact) mass is 351 g/mol. The predicted octanol–water partition coefficient (Wildman–Crippen LogP) is 3.10. The smallest absolute Gasteiger partial charge is 0.237 e. The zero-order valence-corrected chi connectivity index (χ0v) is 14.0. The van der Waals surface area contributed by atoms with Gasteiger partial charge >= 0.3 is 0 Å². The van der Waals surface area contributed by atoms with E-state index in [2.05, 4.69) is 34.0 Å². The Bertz CT molecular complexity index is 719. The van der Waals surface area contributed by atoms with Crippen LogP contribution in [0.25, 0.3) is 5.78 Å².